The summed E-state index contributed by atoms with van der Waals surface area (Å²) in [7, 11) is 1.95. The molecule has 2 aliphatic carbocycles. The highest BCUT2D eigenvalue weighted by molar-refractivity contribution is 6.16. The van der Waals surface area contributed by atoms with Gasteiger partial charge in [0.25, 0.3) is 5.91 Å². The van der Waals surface area contributed by atoms with Crippen LogP contribution in [-0.2, 0) is 16.6 Å². The number of nitrogens with zero attached hydrogens (tertiary/aromatic N) is 5. The van der Waals surface area contributed by atoms with Gasteiger partial charge >= 0.3 is 0 Å². The van der Waals surface area contributed by atoms with Crippen molar-refractivity contribution in [2.75, 3.05) is 19.6 Å². The van der Waals surface area contributed by atoms with E-state index in [-0.39, 0.29) is 11.8 Å². The van der Waals surface area contributed by atoms with Gasteiger partial charge in [0, 0.05) is 43.5 Å². The second-order valence-electron chi connectivity index (χ2n) is 11.1. The Labute approximate surface area is 210 Å². The van der Waals surface area contributed by atoms with E-state index in [1.54, 1.807) is 0 Å². The lowest BCUT2D eigenvalue weighted by Crippen LogP contribution is -2.46. The van der Waals surface area contributed by atoms with Crippen LogP contribution >= 0.6 is 0 Å². The van der Waals surface area contributed by atoms with Gasteiger partial charge in [0.2, 0.25) is 5.91 Å². The maximum absolute atomic E-state index is 13.4. The number of likely N-dealkylation sites (tertiary alicyclic amines) is 1. The predicted octanol–water partition coefficient (Wildman–Crippen LogP) is 4.01. The van der Waals surface area contributed by atoms with E-state index in [1.165, 1.54) is 0 Å². The van der Waals surface area contributed by atoms with Gasteiger partial charge in [-0.25, -0.2) is 0 Å². The van der Waals surface area contributed by atoms with Crippen LogP contribution in [0.25, 0.3) is 22.0 Å². The molecule has 1 spiro atoms. The highest BCUT2D eigenvalue weighted by Gasteiger charge is 2.57. The molecule has 3 heterocycles. The molecule has 7 nitrogen and oxygen atoms in total. The van der Waals surface area contributed by atoms with Crippen molar-refractivity contribution in [2.45, 2.75) is 44.1 Å². The number of benzene rings is 2. The zero-order chi connectivity index (χ0) is 24.4. The summed E-state index contributed by atoms with van der Waals surface area (Å²) in [6.45, 7) is 2.26. The Morgan fingerprint density at radius 3 is 2.53 bits per heavy atom. The molecule has 1 atom stereocenters. The number of carbonyl (C=O) groups is 2. The number of hydrogen-bond donors (Lipinski definition) is 0. The first-order valence-corrected chi connectivity index (χ1v) is 13.2. The van der Waals surface area contributed by atoms with Gasteiger partial charge in [-0.15, -0.1) is 0 Å². The maximum Gasteiger partial charge on any atom is 0.256 e. The summed E-state index contributed by atoms with van der Waals surface area (Å²) in [5, 5.41) is 5.47. The van der Waals surface area contributed by atoms with E-state index in [2.05, 4.69) is 47.6 Å². The lowest BCUT2D eigenvalue weighted by Gasteiger charge is -2.35. The van der Waals surface area contributed by atoms with Gasteiger partial charge < -0.3 is 4.90 Å². The van der Waals surface area contributed by atoms with Gasteiger partial charge in [-0.05, 0) is 67.7 Å². The summed E-state index contributed by atoms with van der Waals surface area (Å²) in [5.41, 5.74) is 3.84. The molecular weight excluding hydrogens is 450 g/mol. The fraction of sp³-hybridized carbons (Fsp3) is 0.448. The molecule has 0 radical (unpaired) electrons. The minimum absolute atomic E-state index is 0.147. The summed E-state index contributed by atoms with van der Waals surface area (Å²) in [5.74, 6) is 1.82. The number of piperidine rings is 1. The van der Waals surface area contributed by atoms with Crippen molar-refractivity contribution in [3.8, 4) is 11.1 Å². The summed E-state index contributed by atoms with van der Waals surface area (Å²) in [6.07, 6.45) is 7.71. The molecule has 2 aliphatic heterocycles. The first-order valence-electron chi connectivity index (χ1n) is 13.2. The quantitative estimate of drug-likeness (QED) is 0.553. The highest BCUT2D eigenvalue weighted by atomic mass is 16.2. The molecular formula is C29H31N5O2. The SMILES string of the molecule is Cn1ncc2cc(-c3ccc(C4=NC5(CC5)C(=O)N4C[C@@H]4CCCN(C(=O)C5CC5)C4)cc3)ccc21. The molecule has 0 bridgehead atoms. The zero-order valence-electron chi connectivity index (χ0n) is 20.7. The molecule has 0 unspecified atom stereocenters. The van der Waals surface area contributed by atoms with Crippen LogP contribution in [0.4, 0.5) is 0 Å². The van der Waals surface area contributed by atoms with Crippen LogP contribution in [0, 0.1) is 11.8 Å². The van der Waals surface area contributed by atoms with Crippen LogP contribution in [0.5, 0.6) is 0 Å². The molecule has 1 aromatic heterocycles. The number of aryl methyl sites for hydroxylation is 1. The lowest BCUT2D eigenvalue weighted by atomic mass is 9.96. The van der Waals surface area contributed by atoms with E-state index in [9.17, 15) is 9.59 Å². The Morgan fingerprint density at radius 2 is 1.78 bits per heavy atom. The first kappa shape index (κ1) is 21.8. The van der Waals surface area contributed by atoms with Crippen LogP contribution in [0.3, 0.4) is 0 Å². The third kappa shape index (κ3) is 3.64. The maximum atomic E-state index is 13.4. The minimum atomic E-state index is -0.530. The average molecular weight is 482 g/mol. The van der Waals surface area contributed by atoms with Crippen molar-refractivity contribution in [3.05, 3.63) is 54.2 Å². The molecule has 36 heavy (non-hydrogen) atoms. The van der Waals surface area contributed by atoms with Crippen molar-refractivity contribution in [2.24, 2.45) is 23.9 Å². The standard InChI is InChI=1S/C29H31N5O2/c1-32-25-11-10-23(15-24(25)16-30-32)20-4-6-21(7-5-20)26-31-29(12-13-29)28(36)34(26)18-19-3-2-14-33(17-19)27(35)22-8-9-22/h4-7,10-11,15-16,19,22H,2-3,8-9,12-14,17-18H2,1H3/t19-/m1/s1. The van der Waals surface area contributed by atoms with Crippen molar-refractivity contribution < 1.29 is 9.59 Å². The Bertz CT molecular complexity index is 1400. The van der Waals surface area contributed by atoms with Crippen molar-refractivity contribution >= 4 is 28.6 Å². The van der Waals surface area contributed by atoms with E-state index in [4.69, 9.17) is 4.99 Å². The fourth-order valence-corrected chi connectivity index (χ4v) is 5.91. The predicted molar refractivity (Wildman–Crippen MR) is 138 cm³/mol. The Hall–Kier alpha value is -3.48. The lowest BCUT2D eigenvalue weighted by molar-refractivity contribution is -0.134. The summed E-state index contributed by atoms with van der Waals surface area (Å²) in [4.78, 5) is 35.0. The topological polar surface area (TPSA) is 70.8 Å². The van der Waals surface area contributed by atoms with Crippen LogP contribution in [-0.4, -0.2) is 62.4 Å². The van der Waals surface area contributed by atoms with Gasteiger partial charge in [0.15, 0.2) is 0 Å². The van der Waals surface area contributed by atoms with E-state index in [0.717, 1.165) is 85.0 Å². The Balaban J connectivity index is 1.12. The normalized spacial score (nSPS) is 23.0. The van der Waals surface area contributed by atoms with Crippen LogP contribution in [0.2, 0.25) is 0 Å². The van der Waals surface area contributed by atoms with Crippen molar-refractivity contribution in [1.29, 1.82) is 0 Å². The third-order valence-electron chi connectivity index (χ3n) is 8.36. The zero-order valence-corrected chi connectivity index (χ0v) is 20.7. The molecule has 3 aromatic rings. The van der Waals surface area contributed by atoms with E-state index >= 15 is 0 Å². The number of aliphatic imine (C=N–C) groups is 1. The third-order valence-corrected chi connectivity index (χ3v) is 8.36. The van der Waals surface area contributed by atoms with Gasteiger partial charge in [0.05, 0.1) is 11.7 Å². The number of aromatic nitrogens is 2. The van der Waals surface area contributed by atoms with Crippen LogP contribution in [0.1, 0.15) is 44.1 Å². The molecule has 0 N–H and O–H groups in total. The van der Waals surface area contributed by atoms with Gasteiger partial charge in [-0.1, -0.05) is 30.3 Å². The number of rotatable bonds is 5. The van der Waals surface area contributed by atoms with Crippen LogP contribution in [0.15, 0.2) is 53.7 Å². The number of amides is 2. The molecule has 2 amide bonds. The number of hydrogen-bond acceptors (Lipinski definition) is 4. The van der Waals surface area contributed by atoms with Gasteiger partial charge in [0.1, 0.15) is 11.4 Å². The van der Waals surface area contributed by atoms with Gasteiger partial charge in [-0.2, -0.15) is 5.10 Å². The van der Waals surface area contributed by atoms with E-state index in [0.29, 0.717) is 18.4 Å². The minimum Gasteiger partial charge on any atom is -0.342 e. The second-order valence-corrected chi connectivity index (χ2v) is 11.1. The average Bonchev–Trinajstić information content (AvgIpc) is 3.84. The molecule has 7 heteroatoms. The summed E-state index contributed by atoms with van der Waals surface area (Å²) < 4.78 is 1.88. The molecule has 1 saturated heterocycles. The van der Waals surface area contributed by atoms with Gasteiger partial charge in [-0.3, -0.25) is 24.2 Å². The summed E-state index contributed by atoms with van der Waals surface area (Å²) >= 11 is 0. The monoisotopic (exact) mass is 481 g/mol. The van der Waals surface area contributed by atoms with Crippen LogP contribution < -0.4 is 0 Å². The number of amidine groups is 1. The second kappa shape index (κ2) is 8.02. The molecule has 184 valence electrons. The molecule has 7 rings (SSSR count). The molecule has 4 aliphatic rings. The Kier molecular flexibility index (Phi) is 4.85. The number of carbonyl (C=O) groups excluding carboxylic acids is 2. The molecule has 2 saturated carbocycles. The fourth-order valence-electron chi connectivity index (χ4n) is 5.91. The largest absolute Gasteiger partial charge is 0.342 e. The first-order chi connectivity index (χ1) is 17.5. The Morgan fingerprint density at radius 1 is 1.03 bits per heavy atom. The van der Waals surface area contributed by atoms with E-state index < -0.39 is 5.54 Å². The summed E-state index contributed by atoms with van der Waals surface area (Å²) in [6, 6.07) is 14.8. The van der Waals surface area contributed by atoms with Crippen molar-refractivity contribution in [1.82, 2.24) is 19.6 Å². The highest BCUT2D eigenvalue weighted by Crippen LogP contribution is 2.46. The molecule has 2 aromatic carbocycles. The number of fused-ring (bicyclic) bond motifs is 1. The van der Waals surface area contributed by atoms with E-state index in [1.807, 2.05) is 27.7 Å². The smallest absolute Gasteiger partial charge is 0.256 e. The van der Waals surface area contributed by atoms with Crippen molar-refractivity contribution in [3.63, 3.8) is 0 Å². The molecule has 3 fully saturated rings.